The van der Waals surface area contributed by atoms with E-state index in [0.29, 0.717) is 0 Å². The number of carbonyl (C=O) groups is 1. The molecular weight excluding hydrogens is 212 g/mol. The molecule has 0 saturated heterocycles. The van der Waals surface area contributed by atoms with E-state index in [2.05, 4.69) is 11.8 Å². The van der Waals surface area contributed by atoms with Gasteiger partial charge in [0.25, 0.3) is 0 Å². The molecular formula is C11H10O3S. The van der Waals surface area contributed by atoms with Gasteiger partial charge in [-0.15, -0.1) is 11.3 Å². The molecule has 78 valence electrons. The van der Waals surface area contributed by atoms with Gasteiger partial charge in [0.05, 0.1) is 11.5 Å². The van der Waals surface area contributed by atoms with E-state index < -0.39 is 5.97 Å². The summed E-state index contributed by atoms with van der Waals surface area (Å²) in [6, 6.07) is 3.70. The second-order valence-corrected chi connectivity index (χ2v) is 3.43. The summed E-state index contributed by atoms with van der Waals surface area (Å²) in [5, 5.41) is 10.3. The van der Waals surface area contributed by atoms with Crippen LogP contribution in [0.1, 0.15) is 4.88 Å². The molecule has 0 saturated carbocycles. The van der Waals surface area contributed by atoms with E-state index in [1.807, 2.05) is 17.5 Å². The van der Waals surface area contributed by atoms with Crippen LogP contribution in [0.4, 0.5) is 0 Å². The molecule has 4 heteroatoms. The third-order valence-corrected chi connectivity index (χ3v) is 2.18. The maximum Gasteiger partial charge on any atom is 0.385 e. The second kappa shape index (κ2) is 6.82. The summed E-state index contributed by atoms with van der Waals surface area (Å²) in [6.45, 7) is 0.0803. The Morgan fingerprint density at radius 3 is 3.13 bits per heavy atom. The Morgan fingerprint density at radius 1 is 1.60 bits per heavy atom. The smallest absolute Gasteiger partial charge is 0.385 e. The van der Waals surface area contributed by atoms with Crippen molar-refractivity contribution in [2.24, 2.45) is 0 Å². The van der Waals surface area contributed by atoms with Gasteiger partial charge in [-0.05, 0) is 23.4 Å². The molecule has 0 aliphatic heterocycles. The van der Waals surface area contributed by atoms with Gasteiger partial charge in [-0.25, -0.2) is 4.79 Å². The SMILES string of the molecule is O=C(C#Cc1cccs1)OC/C=C\CO. The third-order valence-electron chi connectivity index (χ3n) is 1.39. The summed E-state index contributed by atoms with van der Waals surface area (Å²) < 4.78 is 4.74. The third kappa shape index (κ3) is 5.01. The summed E-state index contributed by atoms with van der Waals surface area (Å²) in [6.07, 6.45) is 3.06. The van der Waals surface area contributed by atoms with Crippen molar-refractivity contribution in [3.8, 4) is 11.8 Å². The van der Waals surface area contributed by atoms with E-state index >= 15 is 0 Å². The predicted octanol–water partition coefficient (Wildman–Crippen LogP) is 1.19. The van der Waals surface area contributed by atoms with Crippen LogP contribution >= 0.6 is 11.3 Å². The van der Waals surface area contributed by atoms with Crippen LogP contribution < -0.4 is 0 Å². The van der Waals surface area contributed by atoms with Crippen LogP contribution in [0, 0.1) is 11.8 Å². The average Bonchev–Trinajstić information content (AvgIpc) is 2.74. The first-order valence-electron chi connectivity index (χ1n) is 4.31. The molecule has 0 radical (unpaired) electrons. The minimum Gasteiger partial charge on any atom is -0.452 e. The summed E-state index contributed by atoms with van der Waals surface area (Å²) in [5.74, 6) is 4.49. The Labute approximate surface area is 92.0 Å². The largest absolute Gasteiger partial charge is 0.452 e. The fraction of sp³-hybridized carbons (Fsp3) is 0.182. The molecule has 3 nitrogen and oxygen atoms in total. The number of hydrogen-bond acceptors (Lipinski definition) is 4. The lowest BCUT2D eigenvalue weighted by Crippen LogP contribution is -2.00. The molecule has 1 heterocycles. The first kappa shape index (κ1) is 11.5. The zero-order valence-corrected chi connectivity index (χ0v) is 8.79. The molecule has 1 aromatic heterocycles. The molecule has 0 amide bonds. The molecule has 0 aromatic carbocycles. The number of esters is 1. The number of thiophene rings is 1. The molecule has 1 N–H and O–H groups in total. The van der Waals surface area contributed by atoms with Crippen LogP contribution in [0.5, 0.6) is 0 Å². The van der Waals surface area contributed by atoms with Crippen LogP contribution in [0.2, 0.25) is 0 Å². The van der Waals surface area contributed by atoms with Crippen molar-refractivity contribution < 1.29 is 14.6 Å². The van der Waals surface area contributed by atoms with Crippen LogP contribution in [0.3, 0.4) is 0 Å². The van der Waals surface area contributed by atoms with Crippen LogP contribution in [-0.2, 0) is 9.53 Å². The molecule has 1 rings (SSSR count). The van der Waals surface area contributed by atoms with Crippen LogP contribution in [0.25, 0.3) is 0 Å². The zero-order chi connectivity index (χ0) is 10.9. The van der Waals surface area contributed by atoms with E-state index in [0.717, 1.165) is 4.88 Å². The van der Waals surface area contributed by atoms with Crippen molar-refractivity contribution in [2.45, 2.75) is 0 Å². The predicted molar refractivity (Wildman–Crippen MR) is 58.4 cm³/mol. The molecule has 1 aromatic rings. The van der Waals surface area contributed by atoms with Gasteiger partial charge in [0, 0.05) is 5.92 Å². The van der Waals surface area contributed by atoms with Crippen molar-refractivity contribution in [1.29, 1.82) is 0 Å². The number of ether oxygens (including phenoxy) is 1. The number of carbonyl (C=O) groups excluding carboxylic acids is 1. The summed E-state index contributed by atoms with van der Waals surface area (Å²) in [7, 11) is 0. The number of rotatable bonds is 3. The minimum absolute atomic E-state index is 0.0571. The number of aliphatic hydroxyl groups excluding tert-OH is 1. The van der Waals surface area contributed by atoms with Gasteiger partial charge in [0.2, 0.25) is 0 Å². The fourth-order valence-electron chi connectivity index (χ4n) is 0.765. The highest BCUT2D eigenvalue weighted by molar-refractivity contribution is 7.10. The van der Waals surface area contributed by atoms with Crippen LogP contribution in [0.15, 0.2) is 29.7 Å². The Kier molecular flexibility index (Phi) is 5.23. The Balaban J connectivity index is 2.33. The molecule has 0 atom stereocenters. The Bertz CT molecular complexity index is 382. The highest BCUT2D eigenvalue weighted by Crippen LogP contribution is 2.05. The van der Waals surface area contributed by atoms with Gasteiger partial charge in [-0.2, -0.15) is 0 Å². The fourth-order valence-corrected chi connectivity index (χ4v) is 1.34. The number of aliphatic hydroxyl groups is 1. The van der Waals surface area contributed by atoms with Gasteiger partial charge in [-0.1, -0.05) is 12.1 Å². The van der Waals surface area contributed by atoms with Gasteiger partial charge in [0.15, 0.2) is 0 Å². The van der Waals surface area contributed by atoms with E-state index in [4.69, 9.17) is 9.84 Å². The monoisotopic (exact) mass is 222 g/mol. The number of hydrogen-bond donors (Lipinski definition) is 1. The molecule has 0 aliphatic carbocycles. The first-order chi connectivity index (χ1) is 7.33. The van der Waals surface area contributed by atoms with Gasteiger partial charge in [-0.3, -0.25) is 0 Å². The van der Waals surface area contributed by atoms with Crippen molar-refractivity contribution >= 4 is 17.3 Å². The highest BCUT2D eigenvalue weighted by atomic mass is 32.1. The van der Waals surface area contributed by atoms with Gasteiger partial charge >= 0.3 is 5.97 Å². The maximum atomic E-state index is 11.0. The summed E-state index contributed by atoms with van der Waals surface area (Å²) >= 11 is 1.47. The summed E-state index contributed by atoms with van der Waals surface area (Å²) in [5.41, 5.74) is 0. The summed E-state index contributed by atoms with van der Waals surface area (Å²) in [4.78, 5) is 11.8. The quantitative estimate of drug-likeness (QED) is 0.475. The molecule has 0 bridgehead atoms. The average molecular weight is 222 g/mol. The lowest BCUT2D eigenvalue weighted by atomic mass is 10.4. The zero-order valence-electron chi connectivity index (χ0n) is 7.97. The van der Waals surface area contributed by atoms with E-state index in [1.54, 1.807) is 6.08 Å². The van der Waals surface area contributed by atoms with Crippen molar-refractivity contribution in [3.05, 3.63) is 34.5 Å². The van der Waals surface area contributed by atoms with Crippen molar-refractivity contribution in [2.75, 3.05) is 13.2 Å². The first-order valence-corrected chi connectivity index (χ1v) is 5.19. The molecule has 0 aliphatic rings. The van der Waals surface area contributed by atoms with Crippen molar-refractivity contribution in [3.63, 3.8) is 0 Å². The second-order valence-electron chi connectivity index (χ2n) is 2.48. The minimum atomic E-state index is -0.564. The molecule has 0 unspecified atom stereocenters. The topological polar surface area (TPSA) is 46.5 Å². The van der Waals surface area contributed by atoms with E-state index in [1.165, 1.54) is 17.4 Å². The Hall–Kier alpha value is -1.57. The standard InChI is InChI=1S/C11H10O3S/c12-7-1-2-8-14-11(13)6-5-10-4-3-9-15-10/h1-4,9,12H,7-8H2/b2-1-. The van der Waals surface area contributed by atoms with Crippen molar-refractivity contribution in [1.82, 2.24) is 0 Å². The lowest BCUT2D eigenvalue weighted by molar-refractivity contribution is -0.135. The van der Waals surface area contributed by atoms with Crippen LogP contribution in [-0.4, -0.2) is 24.3 Å². The molecule has 15 heavy (non-hydrogen) atoms. The maximum absolute atomic E-state index is 11.0. The van der Waals surface area contributed by atoms with E-state index in [9.17, 15) is 4.79 Å². The highest BCUT2D eigenvalue weighted by Gasteiger charge is 1.93. The van der Waals surface area contributed by atoms with Gasteiger partial charge < -0.3 is 9.84 Å². The van der Waals surface area contributed by atoms with Gasteiger partial charge in [0.1, 0.15) is 6.61 Å². The molecule has 0 spiro atoms. The van der Waals surface area contributed by atoms with E-state index in [-0.39, 0.29) is 13.2 Å². The lowest BCUT2D eigenvalue weighted by Gasteiger charge is -1.92. The molecule has 0 fully saturated rings. The normalized spacial score (nSPS) is 9.67. The Morgan fingerprint density at radius 2 is 2.47 bits per heavy atom.